The summed E-state index contributed by atoms with van der Waals surface area (Å²) in [6, 6.07) is 12.6. The molecule has 1 saturated heterocycles. The van der Waals surface area contributed by atoms with Crippen LogP contribution < -0.4 is 25.4 Å². The molecule has 4 aliphatic rings. The van der Waals surface area contributed by atoms with Gasteiger partial charge in [-0.2, -0.15) is 0 Å². The molecule has 188 valence electrons. The molecule has 1 amide bonds. The molecule has 8 heteroatoms. The van der Waals surface area contributed by atoms with Crippen LogP contribution in [0.3, 0.4) is 0 Å². The zero-order chi connectivity index (χ0) is 24.4. The van der Waals surface area contributed by atoms with E-state index in [9.17, 15) is 4.79 Å². The van der Waals surface area contributed by atoms with Crippen LogP contribution in [0.4, 0.5) is 11.4 Å². The zero-order valence-corrected chi connectivity index (χ0v) is 20.7. The van der Waals surface area contributed by atoms with Crippen LogP contribution in [0.2, 0.25) is 0 Å². The van der Waals surface area contributed by atoms with Crippen LogP contribution in [0, 0.1) is 5.92 Å². The fraction of sp³-hybridized carbons (Fsp3) is 0.464. The van der Waals surface area contributed by atoms with Crippen LogP contribution in [-0.2, 0) is 6.54 Å². The van der Waals surface area contributed by atoms with Crippen molar-refractivity contribution in [1.29, 1.82) is 0 Å². The van der Waals surface area contributed by atoms with Crippen LogP contribution in [-0.4, -0.2) is 54.8 Å². The molecule has 0 spiro atoms. The highest BCUT2D eigenvalue weighted by molar-refractivity contribution is 5.99. The van der Waals surface area contributed by atoms with Gasteiger partial charge in [-0.1, -0.05) is 0 Å². The first-order valence-corrected chi connectivity index (χ1v) is 13.1. The number of amides is 1. The fourth-order valence-corrected chi connectivity index (χ4v) is 6.09. The Hall–Kier alpha value is -3.39. The van der Waals surface area contributed by atoms with Gasteiger partial charge in [-0.15, -0.1) is 0 Å². The Labute approximate surface area is 210 Å². The van der Waals surface area contributed by atoms with Crippen molar-refractivity contribution in [3.8, 4) is 11.5 Å². The van der Waals surface area contributed by atoms with E-state index in [1.165, 1.54) is 29.4 Å². The average molecular weight is 488 g/mol. The molecule has 36 heavy (non-hydrogen) atoms. The Bertz CT molecular complexity index is 1350. The number of nitrogens with two attached hydrogens (primary N) is 1. The Morgan fingerprint density at radius 1 is 1.17 bits per heavy atom. The number of rotatable bonds is 5. The van der Waals surface area contributed by atoms with Gasteiger partial charge in [0.15, 0.2) is 0 Å². The number of fused-ring (bicyclic) bond motifs is 1. The summed E-state index contributed by atoms with van der Waals surface area (Å²) in [6.45, 7) is 3.77. The van der Waals surface area contributed by atoms with Crippen molar-refractivity contribution < 1.29 is 14.3 Å². The van der Waals surface area contributed by atoms with Gasteiger partial charge in [0.25, 0.3) is 5.91 Å². The van der Waals surface area contributed by atoms with E-state index in [1.807, 2.05) is 23.1 Å². The number of carbonyl (C=O) groups excluding carboxylic acids is 1. The number of anilines is 2. The standard InChI is InChI=1S/C28H33N5O3/c1-35-21-6-7-23-18(11-21)13-24(33(23)15-17-4-5-17)27-30-22-12-19(14-25-26(22)32(27)9-10-36-25)28(34)31-8-2-3-20(29)16-31/h6-7,11-14,17,20,27,30H,2-5,8-10,15-16,29H2,1H3/t20-,27?/m1/s1. The second kappa shape index (κ2) is 8.34. The molecule has 4 heterocycles. The van der Waals surface area contributed by atoms with Gasteiger partial charge in [0.05, 0.1) is 25.0 Å². The number of aromatic nitrogens is 1. The first-order valence-electron chi connectivity index (χ1n) is 13.1. The smallest absolute Gasteiger partial charge is 0.254 e. The van der Waals surface area contributed by atoms with E-state index in [2.05, 4.69) is 33.0 Å². The minimum atomic E-state index is -0.0199. The zero-order valence-electron chi connectivity index (χ0n) is 20.7. The molecular formula is C28H33N5O3. The maximum Gasteiger partial charge on any atom is 0.254 e. The molecule has 0 radical (unpaired) electrons. The quantitative estimate of drug-likeness (QED) is 0.567. The molecule has 1 unspecified atom stereocenters. The maximum absolute atomic E-state index is 13.4. The topological polar surface area (TPSA) is 85.0 Å². The van der Waals surface area contributed by atoms with Crippen molar-refractivity contribution in [2.45, 2.75) is 44.4 Å². The molecule has 2 aromatic carbocycles. The molecule has 3 aromatic rings. The number of methoxy groups -OCH3 is 1. The Balaban J connectivity index is 1.27. The van der Waals surface area contributed by atoms with Crippen molar-refractivity contribution in [3.63, 3.8) is 0 Å². The van der Waals surface area contributed by atoms with Crippen LogP contribution in [0.15, 0.2) is 36.4 Å². The van der Waals surface area contributed by atoms with E-state index in [0.717, 1.165) is 61.3 Å². The highest BCUT2D eigenvalue weighted by Gasteiger charge is 2.39. The number of nitrogens with zero attached hydrogens (tertiary/aromatic N) is 3. The molecule has 1 aliphatic carbocycles. The van der Waals surface area contributed by atoms with Gasteiger partial charge < -0.3 is 34.9 Å². The van der Waals surface area contributed by atoms with Crippen LogP contribution >= 0.6 is 0 Å². The van der Waals surface area contributed by atoms with Crippen molar-refractivity contribution in [3.05, 3.63) is 47.7 Å². The molecule has 7 rings (SSSR count). The number of hydrogen-bond donors (Lipinski definition) is 2. The highest BCUT2D eigenvalue weighted by atomic mass is 16.5. The Morgan fingerprint density at radius 3 is 2.86 bits per heavy atom. The van der Waals surface area contributed by atoms with E-state index in [4.69, 9.17) is 15.2 Å². The molecule has 2 fully saturated rings. The van der Waals surface area contributed by atoms with Gasteiger partial charge in [-0.05, 0) is 68.0 Å². The van der Waals surface area contributed by atoms with Crippen LogP contribution in [0.25, 0.3) is 10.9 Å². The minimum absolute atomic E-state index is 0.0199. The lowest BCUT2D eigenvalue weighted by molar-refractivity contribution is 0.0708. The molecule has 8 nitrogen and oxygen atoms in total. The van der Waals surface area contributed by atoms with Gasteiger partial charge in [-0.25, -0.2) is 0 Å². The van der Waals surface area contributed by atoms with Crippen LogP contribution in [0.5, 0.6) is 11.5 Å². The SMILES string of the molecule is COc1ccc2c(c1)cc(C1Nc3cc(C(=O)N4CCC[C@@H](N)C4)cc4c3N1CCO4)n2CC1CC1. The summed E-state index contributed by atoms with van der Waals surface area (Å²) >= 11 is 0. The lowest BCUT2D eigenvalue weighted by atomic mass is 10.0. The average Bonchev–Trinajstić information content (AvgIpc) is 3.55. The lowest BCUT2D eigenvalue weighted by Crippen LogP contribution is -2.45. The Morgan fingerprint density at radius 2 is 2.06 bits per heavy atom. The predicted molar refractivity (Wildman–Crippen MR) is 140 cm³/mol. The van der Waals surface area contributed by atoms with Gasteiger partial charge in [0.2, 0.25) is 0 Å². The third kappa shape index (κ3) is 3.58. The van der Waals surface area contributed by atoms with Crippen molar-refractivity contribution in [1.82, 2.24) is 9.47 Å². The summed E-state index contributed by atoms with van der Waals surface area (Å²) in [4.78, 5) is 17.7. The maximum atomic E-state index is 13.4. The first kappa shape index (κ1) is 21.9. The van der Waals surface area contributed by atoms with Crippen molar-refractivity contribution in [2.75, 3.05) is 43.6 Å². The summed E-state index contributed by atoms with van der Waals surface area (Å²) < 4.78 is 14.1. The van der Waals surface area contributed by atoms with Crippen LogP contribution in [0.1, 0.15) is 47.9 Å². The molecule has 1 saturated carbocycles. The first-order chi connectivity index (χ1) is 17.6. The largest absolute Gasteiger partial charge is 0.497 e. The third-order valence-electron chi connectivity index (χ3n) is 8.11. The number of hydrogen-bond acceptors (Lipinski definition) is 6. The highest BCUT2D eigenvalue weighted by Crippen LogP contribution is 2.50. The second-order valence-corrected chi connectivity index (χ2v) is 10.7. The third-order valence-corrected chi connectivity index (χ3v) is 8.11. The molecule has 2 atom stereocenters. The number of piperidine rings is 1. The summed E-state index contributed by atoms with van der Waals surface area (Å²) in [5.74, 6) is 2.43. The number of carbonyl (C=O) groups is 1. The molecular weight excluding hydrogens is 454 g/mol. The van der Waals surface area contributed by atoms with Gasteiger partial charge >= 0.3 is 0 Å². The second-order valence-electron chi connectivity index (χ2n) is 10.7. The summed E-state index contributed by atoms with van der Waals surface area (Å²) in [5, 5.41) is 4.95. The summed E-state index contributed by atoms with van der Waals surface area (Å²) in [5.41, 5.74) is 11.3. The molecule has 3 aliphatic heterocycles. The van der Waals surface area contributed by atoms with Crippen molar-refractivity contribution >= 4 is 28.2 Å². The number of benzene rings is 2. The molecule has 1 aromatic heterocycles. The number of likely N-dealkylation sites (tertiary alicyclic amines) is 1. The number of nitrogens with one attached hydrogen (secondary N) is 1. The monoisotopic (exact) mass is 487 g/mol. The van der Waals surface area contributed by atoms with E-state index in [0.29, 0.717) is 18.7 Å². The summed E-state index contributed by atoms with van der Waals surface area (Å²) in [6.07, 6.45) is 4.49. The predicted octanol–water partition coefficient (Wildman–Crippen LogP) is 3.95. The van der Waals surface area contributed by atoms with Gasteiger partial charge in [0.1, 0.15) is 30.0 Å². The van der Waals surface area contributed by atoms with E-state index < -0.39 is 0 Å². The van der Waals surface area contributed by atoms with Crippen molar-refractivity contribution in [2.24, 2.45) is 11.7 Å². The van der Waals surface area contributed by atoms with Gasteiger partial charge in [-0.3, -0.25) is 4.79 Å². The van der Waals surface area contributed by atoms with E-state index in [-0.39, 0.29) is 18.1 Å². The number of ether oxygens (including phenoxy) is 2. The van der Waals surface area contributed by atoms with E-state index >= 15 is 0 Å². The lowest BCUT2D eigenvalue weighted by Gasteiger charge is -2.33. The summed E-state index contributed by atoms with van der Waals surface area (Å²) in [7, 11) is 1.71. The Kier molecular flexibility index (Phi) is 5.06. The normalized spacial score (nSPS) is 22.8. The van der Waals surface area contributed by atoms with Gasteiger partial charge in [0, 0.05) is 42.1 Å². The molecule has 0 bridgehead atoms. The van der Waals surface area contributed by atoms with E-state index in [1.54, 1.807) is 7.11 Å². The molecule has 3 N–H and O–H groups in total. The fourth-order valence-electron chi connectivity index (χ4n) is 6.09. The minimum Gasteiger partial charge on any atom is -0.497 e.